The molecule has 0 fully saturated rings. The van der Waals surface area contributed by atoms with Crippen LogP contribution in [0.4, 0.5) is 8.78 Å². The largest absolute Gasteiger partial charge is 0.468 e. The number of aliphatic hydroxyl groups excluding tert-OH is 1. The molecular formula is C34H39F2N3O3. The van der Waals surface area contributed by atoms with Crippen LogP contribution >= 0.6 is 0 Å². The fourth-order valence-electron chi connectivity index (χ4n) is 5.10. The molecule has 0 saturated heterocycles. The van der Waals surface area contributed by atoms with E-state index in [0.29, 0.717) is 30.8 Å². The number of carbonyl (C=O) groups excluding carboxylic acids is 1. The molecular weight excluding hydrogens is 536 g/mol. The highest BCUT2D eigenvalue weighted by Gasteiger charge is 2.23. The van der Waals surface area contributed by atoms with Crippen LogP contribution in [-0.4, -0.2) is 41.7 Å². The van der Waals surface area contributed by atoms with E-state index in [4.69, 9.17) is 4.42 Å². The van der Waals surface area contributed by atoms with Crippen molar-refractivity contribution in [2.75, 3.05) is 13.6 Å². The molecule has 1 aromatic heterocycles. The Morgan fingerprint density at radius 1 is 0.929 bits per heavy atom. The molecule has 0 radical (unpaired) electrons. The Balaban J connectivity index is 1.46. The zero-order valence-electron chi connectivity index (χ0n) is 24.4. The number of aliphatic hydroxyl groups is 1. The van der Waals surface area contributed by atoms with Crippen molar-refractivity contribution in [3.05, 3.63) is 130 Å². The van der Waals surface area contributed by atoms with Gasteiger partial charge in [0.05, 0.1) is 25.0 Å². The third-order valence-electron chi connectivity index (χ3n) is 7.10. The van der Waals surface area contributed by atoms with Gasteiger partial charge in [0.1, 0.15) is 17.4 Å². The molecule has 2 atom stereocenters. The summed E-state index contributed by atoms with van der Waals surface area (Å²) in [7, 11) is 1.97. The number of rotatable bonds is 14. The van der Waals surface area contributed by atoms with Gasteiger partial charge in [0.2, 0.25) is 0 Å². The molecule has 8 heteroatoms. The van der Waals surface area contributed by atoms with E-state index in [2.05, 4.69) is 34.6 Å². The minimum atomic E-state index is -1.02. The summed E-state index contributed by atoms with van der Waals surface area (Å²) < 4.78 is 33.4. The number of amides is 1. The average molecular weight is 576 g/mol. The molecule has 0 saturated carbocycles. The summed E-state index contributed by atoms with van der Waals surface area (Å²) in [4.78, 5) is 15.6. The summed E-state index contributed by atoms with van der Waals surface area (Å²) in [6.07, 6.45) is 1.61. The number of hydrogen-bond acceptors (Lipinski definition) is 5. The standard InChI is InChI=1S/C34H39F2N3O3/c1-4-24-7-5-8-25(13-24)19-37-20-33(40)32(17-26-15-29(35)18-30(36)16-26)38-34(41)28-12-23(2)11-27(14-28)21-39(3)22-31-9-6-10-42-31/h5-16,18,32-33,37,40H,4,17,19-22H2,1-3H3,(H,38,41)/t32-,33+/m0/s1. The first-order chi connectivity index (χ1) is 20.2. The van der Waals surface area contributed by atoms with Gasteiger partial charge in [-0.15, -0.1) is 0 Å². The molecule has 222 valence electrons. The number of furan rings is 1. The van der Waals surface area contributed by atoms with Gasteiger partial charge < -0.3 is 20.2 Å². The smallest absolute Gasteiger partial charge is 0.251 e. The van der Waals surface area contributed by atoms with E-state index in [-0.39, 0.29) is 18.9 Å². The van der Waals surface area contributed by atoms with Crippen LogP contribution in [-0.2, 0) is 32.5 Å². The molecule has 0 bridgehead atoms. The third kappa shape index (κ3) is 9.34. The Bertz CT molecular complexity index is 1440. The number of aryl methyl sites for hydroxylation is 2. The molecule has 4 rings (SSSR count). The van der Waals surface area contributed by atoms with Crippen molar-refractivity contribution in [1.82, 2.24) is 15.5 Å². The molecule has 0 spiro atoms. The number of hydrogen-bond donors (Lipinski definition) is 3. The van der Waals surface area contributed by atoms with E-state index in [1.54, 1.807) is 12.3 Å². The predicted molar refractivity (Wildman–Crippen MR) is 160 cm³/mol. The zero-order chi connectivity index (χ0) is 30.1. The summed E-state index contributed by atoms with van der Waals surface area (Å²) in [5, 5.41) is 17.3. The van der Waals surface area contributed by atoms with Crippen molar-refractivity contribution in [2.24, 2.45) is 0 Å². The molecule has 0 aliphatic rings. The number of nitrogens with zero attached hydrogens (tertiary/aromatic N) is 1. The van der Waals surface area contributed by atoms with Crippen molar-refractivity contribution >= 4 is 5.91 Å². The number of nitrogens with one attached hydrogen (secondary N) is 2. The van der Waals surface area contributed by atoms with Crippen molar-refractivity contribution in [3.8, 4) is 0 Å². The molecule has 3 aromatic carbocycles. The fourth-order valence-corrected chi connectivity index (χ4v) is 5.10. The van der Waals surface area contributed by atoms with Crippen LogP contribution in [0.1, 0.15) is 50.9 Å². The SMILES string of the molecule is CCc1cccc(CNC[C@@H](O)[C@H](Cc2cc(F)cc(F)c2)NC(=O)c2cc(C)cc(CN(C)Cc3ccco3)c2)c1. The molecule has 1 heterocycles. The van der Waals surface area contributed by atoms with Crippen molar-refractivity contribution < 1.29 is 23.1 Å². The highest BCUT2D eigenvalue weighted by atomic mass is 19.1. The maximum absolute atomic E-state index is 14.0. The molecule has 6 nitrogen and oxygen atoms in total. The van der Waals surface area contributed by atoms with E-state index in [1.807, 2.05) is 50.4 Å². The topological polar surface area (TPSA) is 77.7 Å². The van der Waals surface area contributed by atoms with E-state index in [1.165, 1.54) is 17.7 Å². The molecule has 0 aliphatic heterocycles. The fraction of sp³-hybridized carbons (Fsp3) is 0.324. The van der Waals surface area contributed by atoms with Gasteiger partial charge in [0, 0.05) is 31.3 Å². The van der Waals surface area contributed by atoms with Gasteiger partial charge in [-0.05, 0) is 85.5 Å². The second-order valence-electron chi connectivity index (χ2n) is 10.9. The van der Waals surface area contributed by atoms with Gasteiger partial charge in [0.25, 0.3) is 5.91 Å². The Hall–Kier alpha value is -3.85. The Morgan fingerprint density at radius 3 is 2.40 bits per heavy atom. The van der Waals surface area contributed by atoms with E-state index >= 15 is 0 Å². The first kappa shape index (κ1) is 31.1. The zero-order valence-corrected chi connectivity index (χ0v) is 24.4. The van der Waals surface area contributed by atoms with E-state index in [9.17, 15) is 18.7 Å². The second-order valence-corrected chi connectivity index (χ2v) is 10.9. The number of carbonyl (C=O) groups is 1. The van der Waals surface area contributed by atoms with Gasteiger partial charge in [0.15, 0.2) is 0 Å². The summed E-state index contributed by atoms with van der Waals surface area (Å²) in [6.45, 7) is 5.95. The van der Waals surface area contributed by atoms with Crippen molar-refractivity contribution in [1.29, 1.82) is 0 Å². The molecule has 1 amide bonds. The summed E-state index contributed by atoms with van der Waals surface area (Å²) in [5.41, 5.74) is 4.97. The quantitative estimate of drug-likeness (QED) is 0.184. The third-order valence-corrected chi connectivity index (χ3v) is 7.10. The lowest BCUT2D eigenvalue weighted by atomic mass is 9.99. The van der Waals surface area contributed by atoms with Crippen LogP contribution in [0.15, 0.2) is 83.5 Å². The molecule has 0 aliphatic carbocycles. The van der Waals surface area contributed by atoms with Crippen LogP contribution in [0.5, 0.6) is 0 Å². The molecule has 0 unspecified atom stereocenters. The lowest BCUT2D eigenvalue weighted by Gasteiger charge is -2.25. The Morgan fingerprint density at radius 2 is 1.69 bits per heavy atom. The number of halogens is 2. The summed E-state index contributed by atoms with van der Waals surface area (Å²) in [5.74, 6) is -0.938. The minimum Gasteiger partial charge on any atom is -0.468 e. The van der Waals surface area contributed by atoms with E-state index in [0.717, 1.165) is 34.9 Å². The first-order valence-corrected chi connectivity index (χ1v) is 14.2. The van der Waals surface area contributed by atoms with Crippen LogP contribution in [0.2, 0.25) is 0 Å². The normalized spacial score (nSPS) is 12.8. The molecule has 3 N–H and O–H groups in total. The van der Waals surface area contributed by atoms with Gasteiger partial charge in [-0.25, -0.2) is 8.78 Å². The number of benzene rings is 3. The van der Waals surface area contributed by atoms with Crippen molar-refractivity contribution in [3.63, 3.8) is 0 Å². The van der Waals surface area contributed by atoms with Gasteiger partial charge in [-0.1, -0.05) is 42.8 Å². The van der Waals surface area contributed by atoms with Crippen LogP contribution in [0.25, 0.3) is 0 Å². The van der Waals surface area contributed by atoms with E-state index < -0.39 is 23.8 Å². The molecule has 4 aromatic rings. The van der Waals surface area contributed by atoms with Gasteiger partial charge >= 0.3 is 0 Å². The lowest BCUT2D eigenvalue weighted by molar-refractivity contribution is 0.0829. The Labute approximate surface area is 246 Å². The maximum atomic E-state index is 14.0. The lowest BCUT2D eigenvalue weighted by Crippen LogP contribution is -2.48. The maximum Gasteiger partial charge on any atom is 0.251 e. The first-order valence-electron chi connectivity index (χ1n) is 14.2. The predicted octanol–water partition coefficient (Wildman–Crippen LogP) is 5.55. The monoisotopic (exact) mass is 575 g/mol. The van der Waals surface area contributed by atoms with Crippen LogP contribution in [0.3, 0.4) is 0 Å². The highest BCUT2D eigenvalue weighted by Crippen LogP contribution is 2.16. The Kier molecular flexibility index (Phi) is 11.0. The average Bonchev–Trinajstić information content (AvgIpc) is 3.44. The minimum absolute atomic E-state index is 0.0547. The van der Waals surface area contributed by atoms with Crippen molar-refractivity contribution in [2.45, 2.75) is 58.5 Å². The van der Waals surface area contributed by atoms with Crippen LogP contribution < -0.4 is 10.6 Å². The van der Waals surface area contributed by atoms with Crippen LogP contribution in [0, 0.1) is 18.6 Å². The summed E-state index contributed by atoms with van der Waals surface area (Å²) in [6, 6.07) is 20.0. The molecule has 42 heavy (non-hydrogen) atoms. The van der Waals surface area contributed by atoms with Gasteiger partial charge in [-0.3, -0.25) is 9.69 Å². The highest BCUT2D eigenvalue weighted by molar-refractivity contribution is 5.94. The van der Waals surface area contributed by atoms with Gasteiger partial charge in [-0.2, -0.15) is 0 Å². The second kappa shape index (κ2) is 14.9. The summed E-state index contributed by atoms with van der Waals surface area (Å²) >= 11 is 0.